The molecule has 2 nitrogen and oxygen atoms in total. The van der Waals surface area contributed by atoms with Gasteiger partial charge in [-0.05, 0) is 41.5 Å². The van der Waals surface area contributed by atoms with Gasteiger partial charge in [0.15, 0.2) is 0 Å². The highest BCUT2D eigenvalue weighted by Crippen LogP contribution is 2.41. The van der Waals surface area contributed by atoms with Crippen molar-refractivity contribution in [1.82, 2.24) is 0 Å². The summed E-state index contributed by atoms with van der Waals surface area (Å²) in [7, 11) is 0. The predicted octanol–water partition coefficient (Wildman–Crippen LogP) is 4.46. The van der Waals surface area contributed by atoms with Crippen LogP contribution in [0.5, 0.6) is 0 Å². The van der Waals surface area contributed by atoms with E-state index >= 15 is 0 Å². The van der Waals surface area contributed by atoms with E-state index in [1.54, 1.807) is 12.1 Å². The molecule has 1 saturated carbocycles. The monoisotopic (exact) mass is 270 g/mol. The highest BCUT2D eigenvalue weighted by Gasteiger charge is 2.25. The first-order chi connectivity index (χ1) is 9.68. The van der Waals surface area contributed by atoms with Crippen LogP contribution >= 0.6 is 0 Å². The summed E-state index contributed by atoms with van der Waals surface area (Å²) in [6, 6.07) is 12.2. The van der Waals surface area contributed by atoms with Gasteiger partial charge >= 0.3 is 5.97 Å². The average molecular weight is 270 g/mol. The average Bonchev–Trinajstić information content (AvgIpc) is 2.36. The molecule has 0 unspecified atom stereocenters. The molecule has 102 valence electrons. The third-order valence-corrected chi connectivity index (χ3v) is 4.02. The Morgan fingerprint density at radius 3 is 2.40 bits per heavy atom. The second-order valence-corrected chi connectivity index (χ2v) is 5.18. The minimum atomic E-state index is -1.22. The van der Waals surface area contributed by atoms with Crippen molar-refractivity contribution >= 4 is 5.97 Å². The Kier molecular flexibility index (Phi) is 3.26. The summed E-state index contributed by atoms with van der Waals surface area (Å²) in [5.74, 6) is -1.43. The molecule has 20 heavy (non-hydrogen) atoms. The van der Waals surface area contributed by atoms with Gasteiger partial charge in [-0.25, -0.2) is 9.18 Å². The Bertz CT molecular complexity index is 660. The molecule has 0 radical (unpaired) electrons. The Hall–Kier alpha value is -2.16. The lowest BCUT2D eigenvalue weighted by atomic mass is 9.77. The summed E-state index contributed by atoms with van der Waals surface area (Å²) in [6.07, 6.45) is 3.44. The van der Waals surface area contributed by atoms with Crippen molar-refractivity contribution in [3.8, 4) is 11.1 Å². The van der Waals surface area contributed by atoms with Crippen molar-refractivity contribution in [2.45, 2.75) is 25.2 Å². The van der Waals surface area contributed by atoms with E-state index in [2.05, 4.69) is 0 Å². The van der Waals surface area contributed by atoms with Crippen molar-refractivity contribution in [2.24, 2.45) is 0 Å². The predicted molar refractivity (Wildman–Crippen MR) is 75.4 cm³/mol. The van der Waals surface area contributed by atoms with E-state index in [1.165, 1.54) is 12.5 Å². The highest BCUT2D eigenvalue weighted by atomic mass is 19.1. The van der Waals surface area contributed by atoms with Gasteiger partial charge in [0.2, 0.25) is 0 Å². The van der Waals surface area contributed by atoms with Crippen LogP contribution in [-0.2, 0) is 0 Å². The molecular weight excluding hydrogens is 255 g/mol. The molecule has 0 aliphatic heterocycles. The maximum atomic E-state index is 13.8. The number of halogens is 1. The summed E-state index contributed by atoms with van der Waals surface area (Å²) in [4.78, 5) is 11.3. The number of carboxylic acids is 1. The van der Waals surface area contributed by atoms with Crippen LogP contribution in [0.4, 0.5) is 4.39 Å². The Balaban J connectivity index is 2.19. The number of hydrogen-bond donors (Lipinski definition) is 1. The molecule has 2 aromatic rings. The van der Waals surface area contributed by atoms with Crippen LogP contribution in [-0.4, -0.2) is 11.1 Å². The van der Waals surface area contributed by atoms with Crippen molar-refractivity contribution in [3.05, 3.63) is 59.4 Å². The van der Waals surface area contributed by atoms with Gasteiger partial charge in [-0.1, -0.05) is 42.8 Å². The van der Waals surface area contributed by atoms with Gasteiger partial charge in [-0.15, -0.1) is 0 Å². The molecule has 2 aromatic carbocycles. The molecule has 0 atom stereocenters. The van der Waals surface area contributed by atoms with Gasteiger partial charge in [0.05, 0.1) is 0 Å². The lowest BCUT2D eigenvalue weighted by molar-refractivity contribution is 0.0693. The van der Waals surface area contributed by atoms with Gasteiger partial charge < -0.3 is 5.11 Å². The summed E-state index contributed by atoms with van der Waals surface area (Å²) >= 11 is 0. The van der Waals surface area contributed by atoms with Crippen LogP contribution < -0.4 is 0 Å². The third kappa shape index (κ3) is 2.09. The summed E-state index contributed by atoms with van der Waals surface area (Å²) < 4.78 is 13.8. The van der Waals surface area contributed by atoms with E-state index in [1.807, 2.05) is 24.3 Å². The molecular formula is C17H15FO2. The molecule has 3 heteroatoms. The van der Waals surface area contributed by atoms with Crippen molar-refractivity contribution < 1.29 is 14.3 Å². The first-order valence-electron chi connectivity index (χ1n) is 6.79. The zero-order valence-corrected chi connectivity index (χ0v) is 11.0. The highest BCUT2D eigenvalue weighted by molar-refractivity contribution is 5.96. The van der Waals surface area contributed by atoms with Crippen LogP contribution in [0.1, 0.15) is 41.1 Å². The molecule has 0 amide bonds. The number of hydrogen-bond acceptors (Lipinski definition) is 1. The summed E-state index contributed by atoms with van der Waals surface area (Å²) in [6.45, 7) is 0. The Morgan fingerprint density at radius 2 is 1.75 bits per heavy atom. The second kappa shape index (κ2) is 5.08. The topological polar surface area (TPSA) is 37.3 Å². The van der Waals surface area contributed by atoms with E-state index in [0.29, 0.717) is 11.5 Å². The van der Waals surface area contributed by atoms with Gasteiger partial charge in [0.25, 0.3) is 0 Å². The summed E-state index contributed by atoms with van der Waals surface area (Å²) in [5, 5.41) is 9.27. The molecule has 1 fully saturated rings. The van der Waals surface area contributed by atoms with Crippen LogP contribution in [0, 0.1) is 5.82 Å². The molecule has 1 aliphatic rings. The third-order valence-electron chi connectivity index (χ3n) is 4.02. The molecule has 1 aliphatic carbocycles. The minimum Gasteiger partial charge on any atom is -0.478 e. The smallest absolute Gasteiger partial charge is 0.339 e. The first kappa shape index (κ1) is 12.9. The van der Waals surface area contributed by atoms with E-state index in [-0.39, 0.29) is 5.56 Å². The van der Waals surface area contributed by atoms with Crippen LogP contribution in [0.25, 0.3) is 11.1 Å². The lowest BCUT2D eigenvalue weighted by Crippen LogP contribution is -2.11. The molecule has 0 spiro atoms. The Morgan fingerprint density at radius 1 is 1.05 bits per heavy atom. The maximum Gasteiger partial charge on any atom is 0.339 e. The fourth-order valence-corrected chi connectivity index (χ4v) is 2.78. The Labute approximate surface area is 116 Å². The maximum absolute atomic E-state index is 13.8. The largest absolute Gasteiger partial charge is 0.478 e. The second-order valence-electron chi connectivity index (χ2n) is 5.18. The van der Waals surface area contributed by atoms with Gasteiger partial charge in [-0.3, -0.25) is 0 Å². The van der Waals surface area contributed by atoms with Crippen molar-refractivity contribution in [2.75, 3.05) is 0 Å². The molecule has 1 N–H and O–H groups in total. The summed E-state index contributed by atoms with van der Waals surface area (Å²) in [5.41, 5.74) is 2.21. The fraction of sp³-hybridized carbons (Fsp3) is 0.235. The number of benzene rings is 2. The zero-order chi connectivity index (χ0) is 14.1. The van der Waals surface area contributed by atoms with Gasteiger partial charge in [-0.2, -0.15) is 0 Å². The van der Waals surface area contributed by atoms with Crippen molar-refractivity contribution in [1.29, 1.82) is 0 Å². The molecule has 0 aromatic heterocycles. The number of carbonyl (C=O) groups is 1. The van der Waals surface area contributed by atoms with Gasteiger partial charge in [0, 0.05) is 0 Å². The van der Waals surface area contributed by atoms with Crippen LogP contribution in [0.3, 0.4) is 0 Å². The first-order valence-corrected chi connectivity index (χ1v) is 6.79. The minimum absolute atomic E-state index is 0.237. The number of carboxylic acid groups (broad SMARTS) is 1. The quantitative estimate of drug-likeness (QED) is 0.894. The standard InChI is InChI=1S/C17H15FO2/c18-15-10-4-9-14(16(15)17(19)20)13-8-2-1-7-12(13)11-5-3-6-11/h1-2,4,7-11H,3,5-6H2,(H,19,20). The van der Waals surface area contributed by atoms with Crippen LogP contribution in [0.2, 0.25) is 0 Å². The van der Waals surface area contributed by atoms with Crippen molar-refractivity contribution in [3.63, 3.8) is 0 Å². The number of rotatable bonds is 3. The van der Waals surface area contributed by atoms with E-state index in [9.17, 15) is 14.3 Å². The molecule has 3 rings (SSSR count). The molecule has 0 heterocycles. The van der Waals surface area contributed by atoms with Crippen LogP contribution in [0.15, 0.2) is 42.5 Å². The lowest BCUT2D eigenvalue weighted by Gasteiger charge is -2.28. The molecule has 0 bridgehead atoms. The van der Waals surface area contributed by atoms with E-state index in [4.69, 9.17) is 0 Å². The normalized spacial score (nSPS) is 14.8. The van der Waals surface area contributed by atoms with E-state index in [0.717, 1.165) is 24.0 Å². The molecule has 0 saturated heterocycles. The zero-order valence-electron chi connectivity index (χ0n) is 11.0. The fourth-order valence-electron chi connectivity index (χ4n) is 2.78. The SMILES string of the molecule is O=C(O)c1c(F)cccc1-c1ccccc1C1CCC1. The van der Waals surface area contributed by atoms with Gasteiger partial charge in [0.1, 0.15) is 11.4 Å². The number of aromatic carboxylic acids is 1. The van der Waals surface area contributed by atoms with E-state index < -0.39 is 11.8 Å².